The van der Waals surface area contributed by atoms with Crippen molar-refractivity contribution in [3.8, 4) is 0 Å². The fraction of sp³-hybridized carbons (Fsp3) is 0.700. The summed E-state index contributed by atoms with van der Waals surface area (Å²) in [5.41, 5.74) is 1.09. The van der Waals surface area contributed by atoms with Crippen LogP contribution in [0, 0.1) is 0 Å². The van der Waals surface area contributed by atoms with Gasteiger partial charge in [0.15, 0.2) is 0 Å². The van der Waals surface area contributed by atoms with E-state index in [0.29, 0.717) is 31.2 Å². The molecule has 6 heteroatoms. The molecule has 1 saturated heterocycles. The van der Waals surface area contributed by atoms with Crippen LogP contribution in [0.15, 0.2) is 29.2 Å². The van der Waals surface area contributed by atoms with Crippen molar-refractivity contribution in [2.75, 3.05) is 32.8 Å². The van der Waals surface area contributed by atoms with E-state index in [1.165, 1.54) is 4.31 Å². The molecule has 0 unspecified atom stereocenters. The van der Waals surface area contributed by atoms with E-state index in [1.54, 1.807) is 6.07 Å². The fourth-order valence-electron chi connectivity index (χ4n) is 2.88. The second kappa shape index (κ2) is 10.4. The Labute approximate surface area is 160 Å². The monoisotopic (exact) mass is 384 g/mol. The summed E-state index contributed by atoms with van der Waals surface area (Å²) < 4.78 is 32.4. The molecule has 1 aliphatic rings. The Morgan fingerprint density at radius 1 is 1.15 bits per heavy atom. The van der Waals surface area contributed by atoms with Gasteiger partial charge in [-0.2, -0.15) is 4.31 Å². The summed E-state index contributed by atoms with van der Waals surface area (Å²) in [4.78, 5) is 2.76. The first-order chi connectivity index (χ1) is 12.2. The summed E-state index contributed by atoms with van der Waals surface area (Å²) in [6.45, 7) is 16.3. The highest BCUT2D eigenvalue weighted by Crippen LogP contribution is 2.22. The van der Waals surface area contributed by atoms with Crippen molar-refractivity contribution in [1.82, 2.24) is 9.21 Å². The molecular weight excluding hydrogens is 348 g/mol. The molecule has 0 aromatic heterocycles. The van der Waals surface area contributed by atoms with Crippen LogP contribution < -0.4 is 0 Å². The Hall–Kier alpha value is -0.950. The van der Waals surface area contributed by atoms with Crippen LogP contribution in [-0.2, 0) is 21.3 Å². The highest BCUT2D eigenvalue weighted by atomic mass is 32.2. The Balaban J connectivity index is 0.00000163. The number of rotatable bonds is 6. The zero-order valence-corrected chi connectivity index (χ0v) is 18.1. The van der Waals surface area contributed by atoms with E-state index in [0.717, 1.165) is 25.1 Å². The van der Waals surface area contributed by atoms with E-state index < -0.39 is 10.0 Å². The summed E-state index contributed by atoms with van der Waals surface area (Å²) in [6, 6.07) is 7.36. The lowest BCUT2D eigenvalue weighted by Crippen LogP contribution is -2.41. The summed E-state index contributed by atoms with van der Waals surface area (Å²) in [7, 11) is -3.43. The van der Waals surface area contributed by atoms with Gasteiger partial charge in [0.2, 0.25) is 10.0 Å². The first-order valence-corrected chi connectivity index (χ1v) is 11.1. The number of sulfonamides is 1. The van der Waals surface area contributed by atoms with Crippen molar-refractivity contribution in [2.24, 2.45) is 0 Å². The summed E-state index contributed by atoms with van der Waals surface area (Å²) in [6.07, 6.45) is 1.07. The van der Waals surface area contributed by atoms with Gasteiger partial charge in [0.05, 0.1) is 18.1 Å². The van der Waals surface area contributed by atoms with E-state index in [1.807, 2.05) is 32.0 Å². The van der Waals surface area contributed by atoms with Crippen LogP contribution in [0.4, 0.5) is 0 Å². The maximum Gasteiger partial charge on any atom is 0.243 e. The molecule has 0 atom stereocenters. The number of benzene rings is 1. The van der Waals surface area contributed by atoms with E-state index in [4.69, 9.17) is 4.74 Å². The molecule has 1 aliphatic heterocycles. The van der Waals surface area contributed by atoms with Crippen LogP contribution >= 0.6 is 0 Å². The zero-order valence-electron chi connectivity index (χ0n) is 17.3. The average Bonchev–Trinajstić information content (AvgIpc) is 2.63. The van der Waals surface area contributed by atoms with Crippen molar-refractivity contribution in [3.63, 3.8) is 0 Å². The van der Waals surface area contributed by atoms with Crippen LogP contribution in [-0.4, -0.2) is 56.0 Å². The van der Waals surface area contributed by atoms with Gasteiger partial charge in [-0.15, -0.1) is 0 Å². The van der Waals surface area contributed by atoms with Gasteiger partial charge >= 0.3 is 0 Å². The number of hydrogen-bond donors (Lipinski definition) is 0. The molecule has 0 radical (unpaired) electrons. The third kappa shape index (κ3) is 6.34. The number of ether oxygens (including phenoxy) is 1. The lowest BCUT2D eigenvalue weighted by Gasteiger charge is -2.35. The molecule has 1 aromatic rings. The molecule has 2 rings (SSSR count). The number of morpholine rings is 1. The minimum Gasteiger partial charge on any atom is -0.379 e. The quantitative estimate of drug-likeness (QED) is 0.750. The maximum absolute atomic E-state index is 12.8. The van der Waals surface area contributed by atoms with Crippen molar-refractivity contribution < 1.29 is 13.2 Å². The van der Waals surface area contributed by atoms with Crippen molar-refractivity contribution in [2.45, 2.75) is 64.9 Å². The number of hydrogen-bond acceptors (Lipinski definition) is 4. The van der Waals surface area contributed by atoms with Crippen LogP contribution in [0.5, 0.6) is 0 Å². The van der Waals surface area contributed by atoms with Gasteiger partial charge in [-0.05, 0) is 51.4 Å². The summed E-state index contributed by atoms with van der Waals surface area (Å²) in [5.74, 6) is 0. The second-order valence-electron chi connectivity index (χ2n) is 7.26. The highest BCUT2D eigenvalue weighted by Gasteiger charge is 2.27. The van der Waals surface area contributed by atoms with Crippen LogP contribution in [0.2, 0.25) is 0 Å². The minimum absolute atomic E-state index is 0.0507. The maximum atomic E-state index is 12.8. The van der Waals surface area contributed by atoms with E-state index in [2.05, 4.69) is 32.6 Å². The van der Waals surface area contributed by atoms with Gasteiger partial charge in [-0.25, -0.2) is 8.42 Å². The molecule has 0 N–H and O–H groups in total. The molecule has 0 aliphatic carbocycles. The SMILES string of the molecule is CC.CCCN(Cc1cccc(S(=O)(=O)N2CCOCC2)c1)C(C)(C)C. The van der Waals surface area contributed by atoms with Crippen molar-refractivity contribution in [3.05, 3.63) is 29.8 Å². The topological polar surface area (TPSA) is 49.9 Å². The average molecular weight is 385 g/mol. The molecule has 1 aromatic carbocycles. The van der Waals surface area contributed by atoms with Crippen molar-refractivity contribution in [1.29, 1.82) is 0 Å². The van der Waals surface area contributed by atoms with Gasteiger partial charge in [-0.3, -0.25) is 4.90 Å². The predicted molar refractivity (Wildman–Crippen MR) is 108 cm³/mol. The van der Waals surface area contributed by atoms with Crippen LogP contribution in [0.1, 0.15) is 53.5 Å². The van der Waals surface area contributed by atoms with Crippen LogP contribution in [0.25, 0.3) is 0 Å². The first-order valence-electron chi connectivity index (χ1n) is 9.67. The third-order valence-corrected chi connectivity index (χ3v) is 6.22. The molecular formula is C20H36N2O3S. The lowest BCUT2D eigenvalue weighted by atomic mass is 10.0. The molecule has 0 spiro atoms. The molecule has 0 bridgehead atoms. The first kappa shape index (κ1) is 23.1. The fourth-order valence-corrected chi connectivity index (χ4v) is 4.36. The van der Waals surface area contributed by atoms with Crippen molar-refractivity contribution >= 4 is 10.0 Å². The van der Waals surface area contributed by atoms with Gasteiger partial charge in [-0.1, -0.05) is 32.9 Å². The zero-order chi connectivity index (χ0) is 19.8. The minimum atomic E-state index is -3.43. The summed E-state index contributed by atoms with van der Waals surface area (Å²) in [5, 5.41) is 0. The second-order valence-corrected chi connectivity index (χ2v) is 9.19. The normalized spacial score (nSPS) is 16.3. The molecule has 1 fully saturated rings. The smallest absolute Gasteiger partial charge is 0.243 e. The summed E-state index contributed by atoms with van der Waals surface area (Å²) >= 11 is 0. The van der Waals surface area contributed by atoms with E-state index >= 15 is 0 Å². The van der Waals surface area contributed by atoms with Gasteiger partial charge < -0.3 is 4.74 Å². The molecule has 5 nitrogen and oxygen atoms in total. The third-order valence-electron chi connectivity index (χ3n) is 4.32. The van der Waals surface area contributed by atoms with E-state index in [-0.39, 0.29) is 5.54 Å². The Kier molecular flexibility index (Phi) is 9.24. The van der Waals surface area contributed by atoms with Gasteiger partial charge in [0.25, 0.3) is 0 Å². The molecule has 26 heavy (non-hydrogen) atoms. The van der Waals surface area contributed by atoms with E-state index in [9.17, 15) is 8.42 Å². The van der Waals surface area contributed by atoms with Crippen LogP contribution in [0.3, 0.4) is 0 Å². The molecule has 150 valence electrons. The standard InChI is InChI=1S/C18H30N2O3S.C2H6/c1-5-9-19(18(2,3)4)15-16-7-6-8-17(14-16)24(21,22)20-10-12-23-13-11-20;1-2/h6-8,14H,5,9-13,15H2,1-4H3;1-2H3. The Morgan fingerprint density at radius 3 is 2.31 bits per heavy atom. The molecule has 1 heterocycles. The van der Waals surface area contributed by atoms with Gasteiger partial charge in [0.1, 0.15) is 0 Å². The van der Waals surface area contributed by atoms with Gasteiger partial charge in [0, 0.05) is 25.2 Å². The molecule has 0 amide bonds. The highest BCUT2D eigenvalue weighted by molar-refractivity contribution is 7.89. The lowest BCUT2D eigenvalue weighted by molar-refractivity contribution is 0.0730. The number of nitrogens with zero attached hydrogens (tertiary/aromatic N) is 2. The molecule has 0 saturated carbocycles. The predicted octanol–water partition coefficient (Wildman–Crippen LogP) is 3.74. The largest absolute Gasteiger partial charge is 0.379 e. The Bertz CT molecular complexity index is 633. The Morgan fingerprint density at radius 2 is 1.77 bits per heavy atom.